The third-order valence-electron chi connectivity index (χ3n) is 4.51. The predicted octanol–water partition coefficient (Wildman–Crippen LogP) is 2.81. The first-order chi connectivity index (χ1) is 13.3. The minimum Gasteiger partial charge on any atom is -0.353 e. The first-order valence-corrected chi connectivity index (χ1v) is 8.83. The van der Waals surface area contributed by atoms with Crippen LogP contribution in [0.25, 0.3) is 0 Å². The number of nitriles is 1. The Kier molecular flexibility index (Phi) is 4.79. The fraction of sp³-hybridized carbons (Fsp3) is 0.200. The summed E-state index contributed by atoms with van der Waals surface area (Å²) in [6, 6.07) is 17.4. The van der Waals surface area contributed by atoms with Crippen molar-refractivity contribution >= 4 is 23.3 Å². The van der Waals surface area contributed by atoms with Gasteiger partial charge in [0.2, 0.25) is 5.95 Å². The van der Waals surface area contributed by atoms with E-state index in [0.717, 1.165) is 37.8 Å². The van der Waals surface area contributed by atoms with E-state index in [0.29, 0.717) is 17.2 Å². The Bertz CT molecular complexity index is 944. The molecule has 0 aliphatic carbocycles. The van der Waals surface area contributed by atoms with Crippen molar-refractivity contribution in [2.75, 3.05) is 41.3 Å². The lowest BCUT2D eigenvalue weighted by Crippen LogP contribution is -2.47. The summed E-state index contributed by atoms with van der Waals surface area (Å²) in [5.41, 5.74) is 1.27. The zero-order valence-electron chi connectivity index (χ0n) is 14.8. The van der Waals surface area contributed by atoms with Crippen LogP contribution >= 0.6 is 0 Å². The highest BCUT2D eigenvalue weighted by Gasteiger charge is 2.19. The van der Waals surface area contributed by atoms with E-state index < -0.39 is 0 Å². The third kappa shape index (κ3) is 3.80. The SMILES string of the molecule is N#Cc1ccccc1Nc1nccc(N2CCN(c3ccccn3)CC2)n1. The quantitative estimate of drug-likeness (QED) is 0.769. The van der Waals surface area contributed by atoms with Gasteiger partial charge in [0.25, 0.3) is 0 Å². The Morgan fingerprint density at radius 2 is 1.56 bits per heavy atom. The van der Waals surface area contributed by atoms with Crippen molar-refractivity contribution in [1.29, 1.82) is 5.26 Å². The van der Waals surface area contributed by atoms with Crippen LogP contribution in [0.5, 0.6) is 0 Å². The summed E-state index contributed by atoms with van der Waals surface area (Å²) in [5.74, 6) is 2.38. The van der Waals surface area contributed by atoms with Crippen LogP contribution in [0.1, 0.15) is 5.56 Å². The number of hydrogen-bond donors (Lipinski definition) is 1. The highest BCUT2D eigenvalue weighted by atomic mass is 15.3. The number of nitrogens with one attached hydrogen (secondary N) is 1. The van der Waals surface area contributed by atoms with E-state index in [2.05, 4.69) is 36.1 Å². The topological polar surface area (TPSA) is 81.0 Å². The molecule has 0 bridgehead atoms. The first-order valence-electron chi connectivity index (χ1n) is 8.83. The van der Waals surface area contributed by atoms with Crippen molar-refractivity contribution < 1.29 is 0 Å². The van der Waals surface area contributed by atoms with Gasteiger partial charge in [0, 0.05) is 38.6 Å². The van der Waals surface area contributed by atoms with Crippen molar-refractivity contribution in [3.63, 3.8) is 0 Å². The van der Waals surface area contributed by atoms with Gasteiger partial charge >= 0.3 is 0 Å². The second kappa shape index (κ2) is 7.70. The van der Waals surface area contributed by atoms with Gasteiger partial charge in [-0.05, 0) is 30.3 Å². The third-order valence-corrected chi connectivity index (χ3v) is 4.51. The van der Waals surface area contributed by atoms with E-state index in [-0.39, 0.29) is 0 Å². The molecule has 3 heterocycles. The lowest BCUT2D eigenvalue weighted by atomic mass is 10.2. The van der Waals surface area contributed by atoms with E-state index in [9.17, 15) is 5.26 Å². The minimum atomic E-state index is 0.488. The van der Waals surface area contributed by atoms with Crippen LogP contribution in [0.2, 0.25) is 0 Å². The molecule has 1 aliphatic heterocycles. The van der Waals surface area contributed by atoms with E-state index in [4.69, 9.17) is 0 Å². The average Bonchev–Trinajstić information content (AvgIpc) is 2.75. The largest absolute Gasteiger partial charge is 0.353 e. The second-order valence-electron chi connectivity index (χ2n) is 6.18. The molecule has 0 atom stereocenters. The molecule has 4 rings (SSSR count). The molecule has 134 valence electrons. The fourth-order valence-electron chi connectivity index (χ4n) is 3.10. The summed E-state index contributed by atoms with van der Waals surface area (Å²) < 4.78 is 0. The predicted molar refractivity (Wildman–Crippen MR) is 105 cm³/mol. The Morgan fingerprint density at radius 1 is 0.815 bits per heavy atom. The molecule has 1 N–H and O–H groups in total. The van der Waals surface area contributed by atoms with Crippen LogP contribution in [-0.2, 0) is 0 Å². The lowest BCUT2D eigenvalue weighted by molar-refractivity contribution is 0.641. The van der Waals surface area contributed by atoms with Crippen molar-refractivity contribution in [3.05, 3.63) is 66.5 Å². The standard InChI is InChI=1S/C20H19N7/c21-15-16-5-1-2-6-17(16)24-20-23-10-8-19(25-20)27-13-11-26(12-14-27)18-7-3-4-9-22-18/h1-10H,11-14H2,(H,23,24,25). The number of benzene rings is 1. The highest BCUT2D eigenvalue weighted by Crippen LogP contribution is 2.21. The number of nitrogens with zero attached hydrogens (tertiary/aromatic N) is 6. The van der Waals surface area contributed by atoms with Crippen LogP contribution < -0.4 is 15.1 Å². The molecule has 7 nitrogen and oxygen atoms in total. The minimum absolute atomic E-state index is 0.488. The number of aromatic nitrogens is 3. The first kappa shape index (κ1) is 16.8. The van der Waals surface area contributed by atoms with E-state index in [1.165, 1.54) is 0 Å². The maximum atomic E-state index is 9.22. The van der Waals surface area contributed by atoms with E-state index >= 15 is 0 Å². The Hall–Kier alpha value is -3.66. The van der Waals surface area contributed by atoms with Gasteiger partial charge in [0.1, 0.15) is 17.7 Å². The lowest BCUT2D eigenvalue weighted by Gasteiger charge is -2.36. The molecule has 1 saturated heterocycles. The number of rotatable bonds is 4. The molecule has 0 unspecified atom stereocenters. The summed E-state index contributed by atoms with van der Waals surface area (Å²) in [4.78, 5) is 17.9. The van der Waals surface area contributed by atoms with Crippen LogP contribution in [0.3, 0.4) is 0 Å². The molecule has 1 fully saturated rings. The Morgan fingerprint density at radius 3 is 2.30 bits per heavy atom. The molecule has 27 heavy (non-hydrogen) atoms. The van der Waals surface area contributed by atoms with Crippen LogP contribution in [0.15, 0.2) is 60.9 Å². The number of pyridine rings is 1. The molecule has 7 heteroatoms. The van der Waals surface area contributed by atoms with E-state index in [1.807, 2.05) is 48.7 Å². The monoisotopic (exact) mass is 357 g/mol. The van der Waals surface area contributed by atoms with Crippen LogP contribution in [0, 0.1) is 11.3 Å². The Labute approximate surface area is 157 Å². The van der Waals surface area contributed by atoms with Gasteiger partial charge in [-0.1, -0.05) is 18.2 Å². The van der Waals surface area contributed by atoms with Crippen LogP contribution in [0.4, 0.5) is 23.3 Å². The zero-order chi connectivity index (χ0) is 18.5. The molecule has 1 aromatic carbocycles. The van der Waals surface area contributed by atoms with Gasteiger partial charge in [-0.15, -0.1) is 0 Å². The molecule has 0 spiro atoms. The van der Waals surface area contributed by atoms with Gasteiger partial charge in [0.05, 0.1) is 11.3 Å². The summed E-state index contributed by atoms with van der Waals surface area (Å²) in [6.45, 7) is 3.51. The molecule has 0 saturated carbocycles. The number of anilines is 4. The van der Waals surface area contributed by atoms with Crippen molar-refractivity contribution in [2.24, 2.45) is 0 Å². The highest BCUT2D eigenvalue weighted by molar-refractivity contribution is 5.63. The molecule has 1 aliphatic rings. The summed E-state index contributed by atoms with van der Waals surface area (Å²) in [7, 11) is 0. The summed E-state index contributed by atoms with van der Waals surface area (Å²) in [5, 5.41) is 12.4. The number of hydrogen-bond acceptors (Lipinski definition) is 7. The summed E-state index contributed by atoms with van der Waals surface area (Å²) >= 11 is 0. The maximum Gasteiger partial charge on any atom is 0.229 e. The maximum absolute atomic E-state index is 9.22. The van der Waals surface area contributed by atoms with Crippen molar-refractivity contribution in [2.45, 2.75) is 0 Å². The zero-order valence-corrected chi connectivity index (χ0v) is 14.8. The van der Waals surface area contributed by atoms with Gasteiger partial charge in [-0.3, -0.25) is 0 Å². The van der Waals surface area contributed by atoms with Gasteiger partial charge in [-0.2, -0.15) is 10.2 Å². The molecule has 2 aromatic heterocycles. The van der Waals surface area contributed by atoms with Gasteiger partial charge < -0.3 is 15.1 Å². The molecule has 0 amide bonds. The number of piperazine rings is 1. The van der Waals surface area contributed by atoms with Crippen molar-refractivity contribution in [1.82, 2.24) is 15.0 Å². The molecular weight excluding hydrogens is 338 g/mol. The van der Waals surface area contributed by atoms with Gasteiger partial charge in [-0.25, -0.2) is 9.97 Å². The molecular formula is C20H19N7. The van der Waals surface area contributed by atoms with E-state index in [1.54, 1.807) is 12.3 Å². The fourth-order valence-corrected chi connectivity index (χ4v) is 3.10. The Balaban J connectivity index is 1.45. The summed E-state index contributed by atoms with van der Waals surface area (Å²) in [6.07, 6.45) is 3.56. The molecule has 3 aromatic rings. The smallest absolute Gasteiger partial charge is 0.229 e. The van der Waals surface area contributed by atoms with Gasteiger partial charge in [0.15, 0.2) is 0 Å². The second-order valence-corrected chi connectivity index (χ2v) is 6.18. The van der Waals surface area contributed by atoms with Crippen molar-refractivity contribution in [3.8, 4) is 6.07 Å². The number of para-hydroxylation sites is 1. The average molecular weight is 357 g/mol. The van der Waals surface area contributed by atoms with Crippen LogP contribution in [-0.4, -0.2) is 41.1 Å². The molecule has 0 radical (unpaired) electrons. The normalized spacial score (nSPS) is 13.9.